The summed E-state index contributed by atoms with van der Waals surface area (Å²) >= 11 is 0. The highest BCUT2D eigenvalue weighted by Gasteiger charge is 2.26. The molecule has 80 valence electrons. The number of furan rings is 1. The number of alkyl halides is 2. The van der Waals surface area contributed by atoms with Gasteiger partial charge in [0.05, 0.1) is 13.1 Å². The van der Waals surface area contributed by atoms with Crippen molar-refractivity contribution >= 4 is 0 Å². The maximum absolute atomic E-state index is 12.5. The molecule has 0 saturated carbocycles. The van der Waals surface area contributed by atoms with Crippen LogP contribution in [0.1, 0.15) is 11.5 Å². The molecule has 0 saturated heterocycles. The van der Waals surface area contributed by atoms with Crippen LogP contribution in [-0.2, 0) is 6.54 Å². The van der Waals surface area contributed by atoms with Crippen LogP contribution in [0, 0.1) is 6.92 Å². The predicted molar refractivity (Wildman–Crippen MR) is 47.2 cm³/mol. The van der Waals surface area contributed by atoms with Crippen molar-refractivity contribution in [3.05, 3.63) is 23.7 Å². The third-order valence-corrected chi connectivity index (χ3v) is 1.71. The SMILES string of the molecule is Cc1ccc(CNCC(F)(F)CO)o1. The molecule has 0 aliphatic carbocycles. The van der Waals surface area contributed by atoms with Crippen molar-refractivity contribution in [3.63, 3.8) is 0 Å². The zero-order chi connectivity index (χ0) is 10.6. The van der Waals surface area contributed by atoms with Gasteiger partial charge in [0.15, 0.2) is 0 Å². The van der Waals surface area contributed by atoms with Gasteiger partial charge in [0.1, 0.15) is 18.1 Å². The van der Waals surface area contributed by atoms with Crippen molar-refractivity contribution in [2.45, 2.75) is 19.4 Å². The van der Waals surface area contributed by atoms with E-state index in [4.69, 9.17) is 9.52 Å². The van der Waals surface area contributed by atoms with Gasteiger partial charge in [0.25, 0.3) is 5.92 Å². The molecule has 1 aromatic heterocycles. The van der Waals surface area contributed by atoms with Crippen LogP contribution >= 0.6 is 0 Å². The summed E-state index contributed by atoms with van der Waals surface area (Å²) in [5.74, 6) is -1.71. The summed E-state index contributed by atoms with van der Waals surface area (Å²) < 4.78 is 30.2. The second kappa shape index (κ2) is 4.52. The molecule has 1 heterocycles. The lowest BCUT2D eigenvalue weighted by molar-refractivity contribution is -0.0479. The van der Waals surface area contributed by atoms with Crippen molar-refractivity contribution in [2.24, 2.45) is 0 Å². The van der Waals surface area contributed by atoms with E-state index in [9.17, 15) is 8.78 Å². The van der Waals surface area contributed by atoms with E-state index in [0.717, 1.165) is 5.76 Å². The van der Waals surface area contributed by atoms with Gasteiger partial charge in [-0.15, -0.1) is 0 Å². The number of rotatable bonds is 5. The fourth-order valence-electron chi connectivity index (χ4n) is 1.00. The molecule has 2 N–H and O–H groups in total. The molecule has 0 amide bonds. The number of aliphatic hydroxyl groups is 1. The van der Waals surface area contributed by atoms with Gasteiger partial charge < -0.3 is 14.8 Å². The lowest BCUT2D eigenvalue weighted by Crippen LogP contribution is -2.35. The predicted octanol–water partition coefficient (Wildman–Crippen LogP) is 1.31. The van der Waals surface area contributed by atoms with Gasteiger partial charge in [-0.1, -0.05) is 0 Å². The molecule has 0 aliphatic heterocycles. The topological polar surface area (TPSA) is 45.4 Å². The molecule has 0 radical (unpaired) electrons. The first-order valence-electron chi connectivity index (χ1n) is 4.28. The van der Waals surface area contributed by atoms with Crippen molar-refractivity contribution in [2.75, 3.05) is 13.2 Å². The monoisotopic (exact) mass is 205 g/mol. The number of aliphatic hydroxyl groups excluding tert-OH is 1. The van der Waals surface area contributed by atoms with Gasteiger partial charge in [-0.3, -0.25) is 0 Å². The molecular weight excluding hydrogens is 192 g/mol. The Morgan fingerprint density at radius 2 is 2.21 bits per heavy atom. The Labute approximate surface area is 80.7 Å². The summed E-state index contributed by atoms with van der Waals surface area (Å²) in [6.45, 7) is 0.329. The highest BCUT2D eigenvalue weighted by molar-refractivity contribution is 5.05. The third-order valence-electron chi connectivity index (χ3n) is 1.71. The Morgan fingerprint density at radius 3 is 2.71 bits per heavy atom. The van der Waals surface area contributed by atoms with Crippen LogP contribution in [-0.4, -0.2) is 24.2 Å². The first-order valence-corrected chi connectivity index (χ1v) is 4.28. The Morgan fingerprint density at radius 1 is 1.50 bits per heavy atom. The van der Waals surface area contributed by atoms with Gasteiger partial charge in [-0.2, -0.15) is 0 Å². The molecule has 0 unspecified atom stereocenters. The van der Waals surface area contributed by atoms with Crippen molar-refractivity contribution < 1.29 is 18.3 Å². The summed E-state index contributed by atoms with van der Waals surface area (Å²) in [5.41, 5.74) is 0. The van der Waals surface area contributed by atoms with Gasteiger partial charge in [0.2, 0.25) is 0 Å². The number of nitrogens with one attached hydrogen (secondary N) is 1. The molecule has 0 aromatic carbocycles. The van der Waals surface area contributed by atoms with Crippen LogP contribution < -0.4 is 5.32 Å². The molecule has 0 aliphatic rings. The average molecular weight is 205 g/mol. The normalized spacial score (nSPS) is 12.0. The van der Waals surface area contributed by atoms with E-state index in [2.05, 4.69) is 5.32 Å². The summed E-state index contributed by atoms with van der Waals surface area (Å²) in [7, 11) is 0. The molecule has 0 spiro atoms. The molecular formula is C9H13F2NO2. The molecule has 3 nitrogen and oxygen atoms in total. The average Bonchev–Trinajstić information content (AvgIpc) is 2.51. The van der Waals surface area contributed by atoms with Crippen LogP contribution in [0.2, 0.25) is 0 Å². The van der Waals surface area contributed by atoms with Crippen molar-refractivity contribution in [3.8, 4) is 0 Å². The fourth-order valence-corrected chi connectivity index (χ4v) is 1.00. The number of aryl methyl sites for hydroxylation is 1. The maximum Gasteiger partial charge on any atom is 0.282 e. The van der Waals surface area contributed by atoms with E-state index in [1.807, 2.05) is 0 Å². The molecule has 0 fully saturated rings. The Hall–Kier alpha value is -0.940. The van der Waals surface area contributed by atoms with Gasteiger partial charge in [-0.05, 0) is 19.1 Å². The van der Waals surface area contributed by atoms with E-state index in [-0.39, 0.29) is 6.54 Å². The lowest BCUT2D eigenvalue weighted by Gasteiger charge is -2.12. The summed E-state index contributed by atoms with van der Waals surface area (Å²) in [6, 6.07) is 3.49. The number of hydrogen-bond acceptors (Lipinski definition) is 3. The summed E-state index contributed by atoms with van der Waals surface area (Å²) in [5, 5.41) is 10.8. The molecule has 1 aromatic rings. The van der Waals surface area contributed by atoms with Gasteiger partial charge in [-0.25, -0.2) is 8.78 Å². The number of hydrogen-bond donors (Lipinski definition) is 2. The number of halogens is 2. The van der Waals surface area contributed by atoms with Crippen LogP contribution in [0.4, 0.5) is 8.78 Å². The quantitative estimate of drug-likeness (QED) is 0.761. The molecule has 0 bridgehead atoms. The zero-order valence-electron chi connectivity index (χ0n) is 7.89. The first-order chi connectivity index (χ1) is 6.53. The second-order valence-electron chi connectivity index (χ2n) is 3.13. The standard InChI is InChI=1S/C9H13F2NO2/c1-7-2-3-8(14-7)4-12-5-9(10,11)6-13/h2-3,12-13H,4-6H2,1H3. The molecule has 5 heteroatoms. The fraction of sp³-hybridized carbons (Fsp3) is 0.556. The second-order valence-corrected chi connectivity index (χ2v) is 3.13. The lowest BCUT2D eigenvalue weighted by atomic mass is 10.3. The van der Waals surface area contributed by atoms with Crippen LogP contribution in [0.3, 0.4) is 0 Å². The Bertz CT molecular complexity index is 286. The Balaban J connectivity index is 2.28. The largest absolute Gasteiger partial charge is 0.465 e. The van der Waals surface area contributed by atoms with E-state index >= 15 is 0 Å². The highest BCUT2D eigenvalue weighted by atomic mass is 19.3. The first kappa shape index (κ1) is 11.1. The smallest absolute Gasteiger partial charge is 0.282 e. The van der Waals surface area contributed by atoms with Crippen LogP contribution in [0.5, 0.6) is 0 Å². The van der Waals surface area contributed by atoms with Crippen LogP contribution in [0.25, 0.3) is 0 Å². The minimum Gasteiger partial charge on any atom is -0.465 e. The van der Waals surface area contributed by atoms with Gasteiger partial charge >= 0.3 is 0 Å². The minimum absolute atomic E-state index is 0.240. The van der Waals surface area contributed by atoms with E-state index in [0.29, 0.717) is 5.76 Å². The van der Waals surface area contributed by atoms with E-state index in [1.54, 1.807) is 19.1 Å². The maximum atomic E-state index is 12.5. The zero-order valence-corrected chi connectivity index (χ0v) is 7.89. The summed E-state index contributed by atoms with van der Waals surface area (Å²) in [6.07, 6.45) is 0. The van der Waals surface area contributed by atoms with Crippen LogP contribution in [0.15, 0.2) is 16.5 Å². The Kier molecular flexibility index (Phi) is 3.60. The highest BCUT2D eigenvalue weighted by Crippen LogP contribution is 2.11. The van der Waals surface area contributed by atoms with Crippen molar-refractivity contribution in [1.82, 2.24) is 5.32 Å². The summed E-state index contributed by atoms with van der Waals surface area (Å²) in [4.78, 5) is 0. The molecule has 0 atom stereocenters. The van der Waals surface area contributed by atoms with E-state index in [1.165, 1.54) is 0 Å². The third kappa shape index (κ3) is 3.43. The minimum atomic E-state index is -3.07. The molecule has 1 rings (SSSR count). The molecule has 14 heavy (non-hydrogen) atoms. The van der Waals surface area contributed by atoms with Gasteiger partial charge in [0, 0.05) is 0 Å². The van der Waals surface area contributed by atoms with E-state index < -0.39 is 19.1 Å². The van der Waals surface area contributed by atoms with Crippen molar-refractivity contribution in [1.29, 1.82) is 0 Å².